The molecule has 11 heteroatoms. The molecule has 1 aromatic rings. The second-order valence-corrected chi connectivity index (χ2v) is 9.98. The lowest BCUT2D eigenvalue weighted by Gasteiger charge is -2.42. The van der Waals surface area contributed by atoms with Gasteiger partial charge in [-0.25, -0.2) is 14.6 Å². The maximum Gasteiger partial charge on any atom is 0.408 e. The number of rotatable bonds is 5. The molecular formula is C25H35N5O6. The fourth-order valence-electron chi connectivity index (χ4n) is 4.75. The topological polar surface area (TPSA) is 176 Å². The van der Waals surface area contributed by atoms with Crippen LogP contribution >= 0.6 is 0 Å². The standard InChI is InChI=1S/C18H30N2O5.C7H5N3O/c1-17(2,3)25-16(24)19-12-14(21)20-11-7-10-18(20,15(22)23)13-8-5-4-6-9-13;8-3-6-2-1-5(4-10-6)7(9)11/h13H,4-12H2,1-3H3,(H,19,24)(H,22,23);1-2,4H,(H2,9,11)/t18-;/m1./s1. The van der Waals surface area contributed by atoms with Crippen molar-refractivity contribution in [1.82, 2.24) is 15.2 Å². The normalized spacial score (nSPS) is 19.9. The van der Waals surface area contributed by atoms with Crippen LogP contribution in [0.25, 0.3) is 0 Å². The van der Waals surface area contributed by atoms with E-state index in [-0.39, 0.29) is 24.1 Å². The van der Waals surface area contributed by atoms with Crippen LogP contribution in [0, 0.1) is 17.2 Å². The van der Waals surface area contributed by atoms with Gasteiger partial charge in [-0.3, -0.25) is 9.59 Å². The Morgan fingerprint density at radius 2 is 1.89 bits per heavy atom. The number of nitrogens with one attached hydrogen (secondary N) is 1. The Balaban J connectivity index is 0.000000346. The van der Waals surface area contributed by atoms with Crippen LogP contribution in [0.1, 0.15) is 81.8 Å². The van der Waals surface area contributed by atoms with Crippen molar-refractivity contribution < 1.29 is 29.0 Å². The van der Waals surface area contributed by atoms with Gasteiger partial charge >= 0.3 is 12.1 Å². The van der Waals surface area contributed by atoms with Gasteiger partial charge in [0.1, 0.15) is 29.4 Å². The lowest BCUT2D eigenvalue weighted by atomic mass is 9.73. The number of carbonyl (C=O) groups excluding carboxylic acids is 3. The molecule has 1 aromatic heterocycles. The number of hydrogen-bond donors (Lipinski definition) is 3. The average Bonchev–Trinajstić information content (AvgIpc) is 3.29. The largest absolute Gasteiger partial charge is 0.479 e. The highest BCUT2D eigenvalue weighted by Gasteiger charge is 2.54. The van der Waals surface area contributed by atoms with Gasteiger partial charge in [0.15, 0.2) is 0 Å². The zero-order valence-electron chi connectivity index (χ0n) is 21.1. The zero-order chi connectivity index (χ0) is 26.9. The predicted octanol–water partition coefficient (Wildman–Crippen LogP) is 2.59. The smallest absolute Gasteiger partial charge is 0.408 e. The van der Waals surface area contributed by atoms with Gasteiger partial charge in [0.25, 0.3) is 0 Å². The quantitative estimate of drug-likeness (QED) is 0.551. The zero-order valence-corrected chi connectivity index (χ0v) is 21.1. The molecule has 36 heavy (non-hydrogen) atoms. The molecule has 1 atom stereocenters. The maximum absolute atomic E-state index is 12.7. The summed E-state index contributed by atoms with van der Waals surface area (Å²) in [6, 6.07) is 4.74. The van der Waals surface area contributed by atoms with Crippen molar-refractivity contribution in [2.24, 2.45) is 11.7 Å². The van der Waals surface area contributed by atoms with Crippen molar-refractivity contribution in [1.29, 1.82) is 5.26 Å². The summed E-state index contributed by atoms with van der Waals surface area (Å²) in [5, 5.41) is 20.7. The van der Waals surface area contributed by atoms with E-state index in [0.717, 1.165) is 32.1 Å². The van der Waals surface area contributed by atoms with Crippen molar-refractivity contribution in [2.75, 3.05) is 13.1 Å². The molecule has 4 N–H and O–H groups in total. The molecule has 3 rings (SSSR count). The van der Waals surface area contributed by atoms with Gasteiger partial charge in [-0.1, -0.05) is 19.3 Å². The van der Waals surface area contributed by atoms with Crippen molar-refractivity contribution in [2.45, 2.75) is 76.9 Å². The third-order valence-corrected chi connectivity index (χ3v) is 6.32. The molecule has 0 radical (unpaired) electrons. The fourth-order valence-corrected chi connectivity index (χ4v) is 4.75. The van der Waals surface area contributed by atoms with E-state index in [1.807, 2.05) is 6.07 Å². The van der Waals surface area contributed by atoms with E-state index in [4.69, 9.17) is 15.7 Å². The number of primary amides is 1. The third-order valence-electron chi connectivity index (χ3n) is 6.32. The van der Waals surface area contributed by atoms with Crippen molar-refractivity contribution >= 4 is 23.9 Å². The lowest BCUT2D eigenvalue weighted by molar-refractivity contribution is -0.161. The first-order chi connectivity index (χ1) is 16.9. The van der Waals surface area contributed by atoms with E-state index >= 15 is 0 Å². The summed E-state index contributed by atoms with van der Waals surface area (Å²) in [6.07, 6.45) is 6.62. The average molecular weight is 502 g/mol. The summed E-state index contributed by atoms with van der Waals surface area (Å²) in [6.45, 7) is 5.42. The molecule has 2 fully saturated rings. The molecule has 1 saturated carbocycles. The molecule has 2 heterocycles. The highest BCUT2D eigenvalue weighted by molar-refractivity contribution is 5.92. The summed E-state index contributed by atoms with van der Waals surface area (Å²) in [5.74, 6) is -1.81. The van der Waals surface area contributed by atoms with Gasteiger partial charge in [-0.05, 0) is 64.5 Å². The van der Waals surface area contributed by atoms with E-state index in [2.05, 4.69) is 10.3 Å². The number of likely N-dealkylation sites (tertiary alicyclic amines) is 1. The Morgan fingerprint density at radius 3 is 2.39 bits per heavy atom. The molecule has 0 unspecified atom stereocenters. The number of carboxylic acids is 1. The lowest BCUT2D eigenvalue weighted by Crippen LogP contribution is -2.59. The minimum Gasteiger partial charge on any atom is -0.479 e. The van der Waals surface area contributed by atoms with Gasteiger partial charge in [0.2, 0.25) is 11.8 Å². The molecule has 1 aliphatic carbocycles. The minimum atomic E-state index is -1.12. The Hall–Kier alpha value is -3.68. The number of carbonyl (C=O) groups is 4. The van der Waals surface area contributed by atoms with Gasteiger partial charge in [0.05, 0.1) is 5.56 Å². The number of hydrogen-bond acceptors (Lipinski definition) is 7. The van der Waals surface area contributed by atoms with Crippen molar-refractivity contribution in [3.8, 4) is 6.07 Å². The van der Waals surface area contributed by atoms with Crippen LogP contribution in [0.5, 0.6) is 0 Å². The maximum atomic E-state index is 12.7. The number of pyridine rings is 1. The van der Waals surface area contributed by atoms with E-state index in [1.54, 1.807) is 20.8 Å². The van der Waals surface area contributed by atoms with E-state index in [0.29, 0.717) is 24.9 Å². The van der Waals surface area contributed by atoms with Gasteiger partial charge in [0, 0.05) is 12.7 Å². The molecule has 11 nitrogen and oxygen atoms in total. The first-order valence-corrected chi connectivity index (χ1v) is 12.1. The summed E-state index contributed by atoms with van der Waals surface area (Å²) >= 11 is 0. The number of nitrogens with two attached hydrogens (primary N) is 1. The second kappa shape index (κ2) is 12.3. The van der Waals surface area contributed by atoms with Crippen molar-refractivity contribution in [3.63, 3.8) is 0 Å². The summed E-state index contributed by atoms with van der Waals surface area (Å²) in [5.41, 5.74) is 3.76. The summed E-state index contributed by atoms with van der Waals surface area (Å²) < 4.78 is 5.13. The Labute approximate surface area is 211 Å². The number of carboxylic acid groups (broad SMARTS) is 1. The van der Waals surface area contributed by atoms with E-state index < -0.39 is 29.1 Å². The van der Waals surface area contributed by atoms with Gasteiger partial charge < -0.3 is 25.8 Å². The summed E-state index contributed by atoms with van der Waals surface area (Å²) in [7, 11) is 0. The second-order valence-electron chi connectivity index (χ2n) is 9.98. The van der Waals surface area contributed by atoms with Crippen LogP contribution in [-0.4, -0.2) is 63.1 Å². The number of aliphatic carboxylic acids is 1. The Kier molecular flexibility index (Phi) is 9.78. The molecule has 1 saturated heterocycles. The monoisotopic (exact) mass is 501 g/mol. The SMILES string of the molecule is CC(C)(C)OC(=O)NCC(=O)N1CCC[C@]1(C(=O)O)C1CCCCC1.N#Cc1ccc(C(N)=O)cn1. The van der Waals surface area contributed by atoms with Crippen LogP contribution in [0.2, 0.25) is 0 Å². The molecule has 3 amide bonds. The number of ether oxygens (including phenoxy) is 1. The first-order valence-electron chi connectivity index (χ1n) is 12.1. The number of nitrogens with zero attached hydrogens (tertiary/aromatic N) is 3. The van der Waals surface area contributed by atoms with E-state index in [9.17, 15) is 24.3 Å². The molecule has 1 aliphatic heterocycles. The predicted molar refractivity (Wildman–Crippen MR) is 130 cm³/mol. The Bertz CT molecular complexity index is 992. The van der Waals surface area contributed by atoms with Gasteiger partial charge in [-0.2, -0.15) is 5.26 Å². The molecule has 0 bridgehead atoms. The molecular weight excluding hydrogens is 466 g/mol. The number of aromatic nitrogens is 1. The third kappa shape index (κ3) is 7.41. The molecule has 0 aromatic carbocycles. The number of alkyl carbamates (subject to hydrolysis) is 1. The van der Waals surface area contributed by atoms with Crippen LogP contribution in [0.15, 0.2) is 18.3 Å². The Morgan fingerprint density at radius 1 is 1.22 bits per heavy atom. The molecule has 2 aliphatic rings. The van der Waals surface area contributed by atoms with Crippen LogP contribution in [0.3, 0.4) is 0 Å². The van der Waals surface area contributed by atoms with Crippen LogP contribution in [-0.2, 0) is 14.3 Å². The van der Waals surface area contributed by atoms with Crippen LogP contribution in [0.4, 0.5) is 4.79 Å². The first kappa shape index (κ1) is 28.6. The van der Waals surface area contributed by atoms with Gasteiger partial charge in [-0.15, -0.1) is 0 Å². The molecule has 196 valence electrons. The number of nitriles is 1. The fraction of sp³-hybridized carbons (Fsp3) is 0.600. The highest BCUT2D eigenvalue weighted by Crippen LogP contribution is 2.43. The molecule has 0 spiro atoms. The van der Waals surface area contributed by atoms with Crippen molar-refractivity contribution in [3.05, 3.63) is 29.6 Å². The summed E-state index contributed by atoms with van der Waals surface area (Å²) in [4.78, 5) is 52.2. The minimum absolute atomic E-state index is 0.00766. The van der Waals surface area contributed by atoms with E-state index in [1.165, 1.54) is 23.2 Å². The number of amides is 3. The highest BCUT2D eigenvalue weighted by atomic mass is 16.6. The van der Waals surface area contributed by atoms with Crippen LogP contribution < -0.4 is 11.1 Å².